The molecule has 1 aliphatic rings. The maximum Gasteiger partial charge on any atom is 0.338 e. The van der Waals surface area contributed by atoms with E-state index in [0.29, 0.717) is 38.7 Å². The summed E-state index contributed by atoms with van der Waals surface area (Å²) in [5.41, 5.74) is 1.37. The molecule has 0 radical (unpaired) electrons. The predicted molar refractivity (Wildman–Crippen MR) is 147 cm³/mol. The Morgan fingerprint density at radius 3 is 2.55 bits per heavy atom. The van der Waals surface area contributed by atoms with Gasteiger partial charge in [-0.15, -0.1) is 0 Å². The lowest BCUT2D eigenvalue weighted by Crippen LogP contribution is -2.39. The average Bonchev–Trinajstić information content (AvgIpc) is 3.48. The van der Waals surface area contributed by atoms with Crippen LogP contribution in [0, 0.1) is 0 Å². The summed E-state index contributed by atoms with van der Waals surface area (Å²) in [4.78, 5) is 33.0. The third kappa shape index (κ3) is 5.25. The molecule has 0 N–H and O–H groups in total. The van der Waals surface area contributed by atoms with Gasteiger partial charge in [-0.2, -0.15) is 0 Å². The van der Waals surface area contributed by atoms with Gasteiger partial charge in [0.1, 0.15) is 11.5 Å². The SMILES string of the molecule is CCOC(=O)C1=C(C)N=c2s/c(=C/c3ccc(Sc4ccccc4)o3)c(=O)n2[C@H]1c1ccc(OCC)cc1. The number of hydrogen-bond donors (Lipinski definition) is 0. The van der Waals surface area contributed by atoms with Crippen LogP contribution < -0.4 is 19.6 Å². The van der Waals surface area contributed by atoms with E-state index in [2.05, 4.69) is 4.99 Å². The van der Waals surface area contributed by atoms with Gasteiger partial charge in [-0.05, 0) is 62.7 Å². The molecule has 38 heavy (non-hydrogen) atoms. The second-order valence-corrected chi connectivity index (χ2v) is 10.5. The van der Waals surface area contributed by atoms with Gasteiger partial charge >= 0.3 is 5.97 Å². The highest BCUT2D eigenvalue weighted by Gasteiger charge is 2.33. The van der Waals surface area contributed by atoms with E-state index in [1.165, 1.54) is 23.1 Å². The van der Waals surface area contributed by atoms with Crippen LogP contribution in [0.4, 0.5) is 0 Å². The molecular weight excluding hydrogens is 520 g/mol. The van der Waals surface area contributed by atoms with Crippen LogP contribution in [0.5, 0.6) is 5.75 Å². The molecule has 3 heterocycles. The number of nitrogens with zero attached hydrogens (tertiary/aromatic N) is 2. The molecule has 194 valence electrons. The zero-order chi connectivity index (χ0) is 26.6. The smallest absolute Gasteiger partial charge is 0.338 e. The number of rotatable bonds is 8. The van der Waals surface area contributed by atoms with Gasteiger partial charge < -0.3 is 13.9 Å². The summed E-state index contributed by atoms with van der Waals surface area (Å²) in [6.45, 7) is 6.20. The van der Waals surface area contributed by atoms with Crippen molar-refractivity contribution in [2.75, 3.05) is 13.2 Å². The van der Waals surface area contributed by atoms with E-state index >= 15 is 0 Å². The number of thiazole rings is 1. The summed E-state index contributed by atoms with van der Waals surface area (Å²) in [7, 11) is 0. The second kappa shape index (κ2) is 11.3. The molecule has 7 nitrogen and oxygen atoms in total. The van der Waals surface area contributed by atoms with E-state index in [-0.39, 0.29) is 12.2 Å². The Hall–Kier alpha value is -3.82. The van der Waals surface area contributed by atoms with Crippen LogP contribution in [-0.4, -0.2) is 23.8 Å². The minimum absolute atomic E-state index is 0.220. The number of allylic oxidation sites excluding steroid dienone is 1. The van der Waals surface area contributed by atoms with E-state index in [0.717, 1.165) is 15.6 Å². The topological polar surface area (TPSA) is 83.0 Å². The van der Waals surface area contributed by atoms with Crippen molar-refractivity contribution in [3.05, 3.63) is 109 Å². The van der Waals surface area contributed by atoms with Crippen molar-refractivity contribution < 1.29 is 18.7 Å². The molecule has 0 spiro atoms. The molecule has 0 bridgehead atoms. The van der Waals surface area contributed by atoms with Crippen LogP contribution in [0.2, 0.25) is 0 Å². The zero-order valence-electron chi connectivity index (χ0n) is 21.2. The van der Waals surface area contributed by atoms with E-state index in [1.807, 2.05) is 73.7 Å². The summed E-state index contributed by atoms with van der Waals surface area (Å²) in [6.07, 6.45) is 1.72. The predicted octanol–water partition coefficient (Wildman–Crippen LogP) is 4.94. The minimum Gasteiger partial charge on any atom is -0.494 e. The number of carbonyl (C=O) groups excluding carboxylic acids is 1. The number of hydrogen-bond acceptors (Lipinski definition) is 8. The van der Waals surface area contributed by atoms with E-state index in [4.69, 9.17) is 13.9 Å². The second-order valence-electron chi connectivity index (χ2n) is 8.38. The molecule has 1 aliphatic heterocycles. The normalized spacial score (nSPS) is 15.2. The Bertz CT molecular complexity index is 1660. The lowest BCUT2D eigenvalue weighted by molar-refractivity contribution is -0.139. The number of ether oxygens (including phenoxy) is 2. The Kier molecular flexibility index (Phi) is 7.67. The van der Waals surface area contributed by atoms with Crippen molar-refractivity contribution in [1.82, 2.24) is 4.57 Å². The van der Waals surface area contributed by atoms with Gasteiger partial charge in [-0.1, -0.05) is 53.4 Å². The highest BCUT2D eigenvalue weighted by Crippen LogP contribution is 2.32. The van der Waals surface area contributed by atoms with Crippen molar-refractivity contribution >= 4 is 35.1 Å². The summed E-state index contributed by atoms with van der Waals surface area (Å²) in [5, 5.41) is 0.725. The first kappa shape index (κ1) is 25.8. The molecule has 0 saturated heterocycles. The number of benzene rings is 2. The average molecular weight is 547 g/mol. The fraction of sp³-hybridized carbons (Fsp3) is 0.207. The number of aromatic nitrogens is 1. The quantitative estimate of drug-likeness (QED) is 0.291. The molecule has 0 unspecified atom stereocenters. The monoisotopic (exact) mass is 546 g/mol. The van der Waals surface area contributed by atoms with E-state index < -0.39 is 12.0 Å². The fourth-order valence-corrected chi connectivity index (χ4v) is 6.05. The highest BCUT2D eigenvalue weighted by atomic mass is 32.2. The molecule has 0 aliphatic carbocycles. The highest BCUT2D eigenvalue weighted by molar-refractivity contribution is 7.99. The Morgan fingerprint density at radius 1 is 1.08 bits per heavy atom. The summed E-state index contributed by atoms with van der Waals surface area (Å²) in [5.74, 6) is 0.784. The first-order valence-electron chi connectivity index (χ1n) is 12.2. The molecule has 0 saturated carbocycles. The van der Waals surface area contributed by atoms with Gasteiger partial charge in [-0.25, -0.2) is 9.79 Å². The maximum absolute atomic E-state index is 13.7. The number of carbonyl (C=O) groups is 1. The first-order chi connectivity index (χ1) is 18.5. The number of esters is 1. The van der Waals surface area contributed by atoms with Crippen molar-refractivity contribution in [2.24, 2.45) is 4.99 Å². The summed E-state index contributed by atoms with van der Waals surface area (Å²) >= 11 is 2.77. The van der Waals surface area contributed by atoms with Crippen LogP contribution in [0.15, 0.2) is 102 Å². The molecule has 2 aromatic heterocycles. The third-order valence-corrected chi connectivity index (χ3v) is 7.77. The number of fused-ring (bicyclic) bond motifs is 1. The van der Waals surface area contributed by atoms with Gasteiger partial charge in [0, 0.05) is 11.0 Å². The van der Waals surface area contributed by atoms with Crippen molar-refractivity contribution in [3.63, 3.8) is 0 Å². The lowest BCUT2D eigenvalue weighted by atomic mass is 9.96. The molecule has 4 aromatic rings. The zero-order valence-corrected chi connectivity index (χ0v) is 22.8. The molecule has 5 rings (SSSR count). The lowest BCUT2D eigenvalue weighted by Gasteiger charge is -2.24. The Labute approximate surface area is 227 Å². The van der Waals surface area contributed by atoms with Crippen LogP contribution in [0.1, 0.15) is 38.1 Å². The molecular formula is C29H26N2O5S2. The molecule has 1 atom stereocenters. The Morgan fingerprint density at radius 2 is 1.84 bits per heavy atom. The standard InChI is InChI=1S/C29H26N2O5S2/c1-4-34-20-13-11-19(12-14-20)26-25(28(33)35-5-2)18(3)30-29-31(26)27(32)23(38-29)17-21-15-16-24(36-21)37-22-9-7-6-8-10-22/h6-17,26H,4-5H2,1-3H3/b23-17+/t26-/m0/s1. The molecule has 0 amide bonds. The van der Waals surface area contributed by atoms with Crippen LogP contribution in [0.3, 0.4) is 0 Å². The largest absolute Gasteiger partial charge is 0.494 e. The number of furan rings is 1. The molecule has 0 fully saturated rings. The van der Waals surface area contributed by atoms with Gasteiger partial charge in [-0.3, -0.25) is 9.36 Å². The summed E-state index contributed by atoms with van der Waals surface area (Å²) < 4.78 is 18.9. The first-order valence-corrected chi connectivity index (χ1v) is 13.9. The van der Waals surface area contributed by atoms with Gasteiger partial charge in [0.15, 0.2) is 9.89 Å². The Balaban J connectivity index is 1.57. The van der Waals surface area contributed by atoms with E-state index in [1.54, 1.807) is 24.5 Å². The van der Waals surface area contributed by atoms with Crippen LogP contribution in [-0.2, 0) is 9.53 Å². The maximum atomic E-state index is 13.7. The summed E-state index contributed by atoms with van der Waals surface area (Å²) in [6, 6.07) is 20.4. The molecule has 9 heteroatoms. The fourth-order valence-electron chi connectivity index (χ4n) is 4.22. The van der Waals surface area contributed by atoms with Crippen LogP contribution >= 0.6 is 23.1 Å². The van der Waals surface area contributed by atoms with Gasteiger partial charge in [0.2, 0.25) is 0 Å². The van der Waals surface area contributed by atoms with Gasteiger partial charge in [0.25, 0.3) is 5.56 Å². The third-order valence-electron chi connectivity index (χ3n) is 5.86. The minimum atomic E-state index is -0.677. The van der Waals surface area contributed by atoms with Crippen molar-refractivity contribution in [2.45, 2.75) is 36.8 Å². The van der Waals surface area contributed by atoms with Crippen LogP contribution in [0.25, 0.3) is 6.08 Å². The van der Waals surface area contributed by atoms with Crippen molar-refractivity contribution in [3.8, 4) is 5.75 Å². The van der Waals surface area contributed by atoms with Crippen molar-refractivity contribution in [1.29, 1.82) is 0 Å². The molecule has 2 aromatic carbocycles. The van der Waals surface area contributed by atoms with E-state index in [9.17, 15) is 9.59 Å². The van der Waals surface area contributed by atoms with Gasteiger partial charge in [0.05, 0.1) is 35.1 Å².